The van der Waals surface area contributed by atoms with Crippen LogP contribution in [0, 0.1) is 11.3 Å². The predicted molar refractivity (Wildman–Crippen MR) is 91.3 cm³/mol. The van der Waals surface area contributed by atoms with Crippen molar-refractivity contribution in [1.82, 2.24) is 9.66 Å². The summed E-state index contributed by atoms with van der Waals surface area (Å²) >= 11 is 0. The average Bonchev–Trinajstić information content (AvgIpc) is 3.11. The molecule has 2 aromatic carbocycles. The SMILES string of the molecule is N#Cc1ccc(N(c2ccc(N[SH](=O)=O)cc2)n2ccnc2)cc1. The Morgan fingerprint density at radius 3 is 2.17 bits per heavy atom. The molecule has 3 rings (SSSR count). The van der Waals surface area contributed by atoms with Crippen molar-refractivity contribution >= 4 is 28.0 Å². The van der Waals surface area contributed by atoms with Crippen LogP contribution in [0.3, 0.4) is 0 Å². The first kappa shape index (κ1) is 15.6. The third kappa shape index (κ3) is 3.37. The molecule has 24 heavy (non-hydrogen) atoms. The van der Waals surface area contributed by atoms with Gasteiger partial charge in [-0.15, -0.1) is 0 Å². The Morgan fingerprint density at radius 2 is 1.67 bits per heavy atom. The van der Waals surface area contributed by atoms with Crippen LogP contribution in [0.2, 0.25) is 0 Å². The van der Waals surface area contributed by atoms with Gasteiger partial charge in [-0.25, -0.2) is 23.1 Å². The van der Waals surface area contributed by atoms with Crippen molar-refractivity contribution < 1.29 is 8.42 Å². The van der Waals surface area contributed by atoms with Crippen molar-refractivity contribution in [2.75, 3.05) is 9.73 Å². The van der Waals surface area contributed by atoms with Gasteiger partial charge in [0.25, 0.3) is 0 Å². The Kier molecular flexibility index (Phi) is 4.45. The number of thiol groups is 1. The van der Waals surface area contributed by atoms with E-state index in [-0.39, 0.29) is 0 Å². The Bertz CT molecular complexity index is 918. The summed E-state index contributed by atoms with van der Waals surface area (Å²) in [6.45, 7) is 0. The number of nitrogens with one attached hydrogen (secondary N) is 1. The average molecular weight is 339 g/mol. The second kappa shape index (κ2) is 6.85. The van der Waals surface area contributed by atoms with Gasteiger partial charge in [0.15, 0.2) is 0 Å². The van der Waals surface area contributed by atoms with E-state index in [1.807, 2.05) is 17.1 Å². The van der Waals surface area contributed by atoms with E-state index in [0.717, 1.165) is 11.4 Å². The minimum atomic E-state index is -2.70. The minimum absolute atomic E-state index is 0.486. The Balaban J connectivity index is 2.00. The normalized spacial score (nSPS) is 10.3. The summed E-state index contributed by atoms with van der Waals surface area (Å²) in [7, 11) is -2.70. The van der Waals surface area contributed by atoms with E-state index in [1.54, 1.807) is 59.8 Å². The van der Waals surface area contributed by atoms with Crippen LogP contribution in [0.5, 0.6) is 0 Å². The minimum Gasteiger partial charge on any atom is -0.286 e. The van der Waals surface area contributed by atoms with E-state index in [9.17, 15) is 8.42 Å². The number of aromatic nitrogens is 2. The Hall–Kier alpha value is -3.31. The molecule has 0 atom stereocenters. The lowest BCUT2D eigenvalue weighted by molar-refractivity contribution is 0.619. The van der Waals surface area contributed by atoms with Gasteiger partial charge in [0.05, 0.1) is 23.0 Å². The Labute approximate surface area is 140 Å². The molecule has 0 amide bonds. The van der Waals surface area contributed by atoms with E-state index in [2.05, 4.69) is 15.8 Å². The summed E-state index contributed by atoms with van der Waals surface area (Å²) in [5.74, 6) is 0. The molecule has 3 aromatic rings. The van der Waals surface area contributed by atoms with Crippen molar-refractivity contribution in [3.05, 3.63) is 72.8 Å². The summed E-state index contributed by atoms with van der Waals surface area (Å²) in [5.41, 5.74) is 2.70. The first-order valence-corrected chi connectivity index (χ1v) is 8.15. The second-order valence-electron chi connectivity index (χ2n) is 4.83. The van der Waals surface area contributed by atoms with E-state index < -0.39 is 10.9 Å². The maximum Gasteiger partial charge on any atom is 0.222 e. The summed E-state index contributed by atoms with van der Waals surface area (Å²) in [5, 5.41) is 10.8. The molecule has 7 nitrogen and oxygen atoms in total. The van der Waals surface area contributed by atoms with Gasteiger partial charge in [0.1, 0.15) is 6.33 Å². The molecule has 1 aromatic heterocycles. The maximum atomic E-state index is 10.7. The number of hydrogen-bond donors (Lipinski definition) is 2. The second-order valence-corrected chi connectivity index (χ2v) is 5.57. The molecule has 0 unspecified atom stereocenters. The van der Waals surface area contributed by atoms with Gasteiger partial charge in [-0.05, 0) is 48.5 Å². The Morgan fingerprint density at radius 1 is 1.04 bits per heavy atom. The zero-order valence-electron chi connectivity index (χ0n) is 12.4. The molecule has 0 saturated heterocycles. The molecule has 0 radical (unpaired) electrons. The highest BCUT2D eigenvalue weighted by Crippen LogP contribution is 2.27. The topological polar surface area (TPSA) is 91.0 Å². The van der Waals surface area contributed by atoms with Gasteiger partial charge in [-0.3, -0.25) is 4.72 Å². The molecular weight excluding hydrogens is 326 g/mol. The predicted octanol–water partition coefficient (Wildman–Crippen LogP) is 2.29. The zero-order valence-corrected chi connectivity index (χ0v) is 13.3. The molecule has 0 bridgehead atoms. The summed E-state index contributed by atoms with van der Waals surface area (Å²) < 4.78 is 25.6. The smallest absolute Gasteiger partial charge is 0.222 e. The van der Waals surface area contributed by atoms with Gasteiger partial charge in [0, 0.05) is 18.1 Å². The highest BCUT2D eigenvalue weighted by Gasteiger charge is 2.11. The number of hydrogen-bond acceptors (Lipinski definition) is 5. The molecule has 1 N–H and O–H groups in total. The van der Waals surface area contributed by atoms with E-state index >= 15 is 0 Å². The third-order valence-corrected chi connectivity index (χ3v) is 3.74. The third-order valence-electron chi connectivity index (χ3n) is 3.29. The highest BCUT2D eigenvalue weighted by molar-refractivity contribution is 7.73. The summed E-state index contributed by atoms with van der Waals surface area (Å²) in [6.07, 6.45) is 5.10. The van der Waals surface area contributed by atoms with Gasteiger partial charge in [0.2, 0.25) is 10.9 Å². The van der Waals surface area contributed by atoms with Crippen molar-refractivity contribution in [3.63, 3.8) is 0 Å². The summed E-state index contributed by atoms with van der Waals surface area (Å²) in [4.78, 5) is 4.06. The first-order valence-electron chi connectivity index (χ1n) is 6.97. The number of rotatable bonds is 5. The van der Waals surface area contributed by atoms with Crippen LogP contribution in [0.4, 0.5) is 17.1 Å². The molecule has 1 heterocycles. The molecule has 120 valence electrons. The molecule has 0 spiro atoms. The van der Waals surface area contributed by atoms with E-state index in [4.69, 9.17) is 5.26 Å². The maximum absolute atomic E-state index is 10.7. The fourth-order valence-corrected chi connectivity index (χ4v) is 2.61. The van der Waals surface area contributed by atoms with Crippen LogP contribution in [-0.4, -0.2) is 18.1 Å². The van der Waals surface area contributed by atoms with Gasteiger partial charge < -0.3 is 0 Å². The molecule has 0 aliphatic heterocycles. The molecule has 0 aliphatic carbocycles. The number of nitrogens with zero attached hydrogens (tertiary/aromatic N) is 4. The quantitative estimate of drug-likeness (QED) is 0.696. The van der Waals surface area contributed by atoms with Gasteiger partial charge >= 0.3 is 0 Å². The van der Waals surface area contributed by atoms with Crippen molar-refractivity contribution in [2.24, 2.45) is 0 Å². The van der Waals surface area contributed by atoms with Gasteiger partial charge in [-0.1, -0.05) is 0 Å². The van der Waals surface area contributed by atoms with Gasteiger partial charge in [-0.2, -0.15) is 5.26 Å². The fourth-order valence-electron chi connectivity index (χ4n) is 2.25. The fraction of sp³-hybridized carbons (Fsp3) is 0. The zero-order chi connectivity index (χ0) is 16.9. The van der Waals surface area contributed by atoms with Crippen LogP contribution < -0.4 is 9.73 Å². The lowest BCUT2D eigenvalue weighted by Crippen LogP contribution is -2.22. The van der Waals surface area contributed by atoms with Crippen LogP contribution in [0.25, 0.3) is 0 Å². The lowest BCUT2D eigenvalue weighted by atomic mass is 10.2. The molecular formula is C16H13N5O2S. The number of benzene rings is 2. The van der Waals surface area contributed by atoms with Crippen LogP contribution in [0.1, 0.15) is 5.56 Å². The molecule has 8 heteroatoms. The standard InChI is InChI=1S/C16H13N5O2S/c17-11-13-1-5-15(6-2-13)21(20-10-9-18-12-20)16-7-3-14(4-8-16)19-24(22)23/h1-10,12,24H,(H,19,22,23). The highest BCUT2D eigenvalue weighted by atomic mass is 32.2. The first-order chi connectivity index (χ1) is 11.7. The number of imidazole rings is 1. The molecule has 0 fully saturated rings. The monoisotopic (exact) mass is 339 g/mol. The molecule has 0 saturated carbocycles. The van der Waals surface area contributed by atoms with E-state index in [1.165, 1.54) is 0 Å². The lowest BCUT2D eigenvalue weighted by Gasteiger charge is -2.25. The number of nitriles is 1. The summed E-state index contributed by atoms with van der Waals surface area (Å²) in [6, 6.07) is 16.2. The van der Waals surface area contributed by atoms with Crippen molar-refractivity contribution in [3.8, 4) is 6.07 Å². The number of anilines is 3. The molecule has 0 aliphatic rings. The largest absolute Gasteiger partial charge is 0.286 e. The van der Waals surface area contributed by atoms with Crippen LogP contribution in [-0.2, 0) is 10.9 Å². The van der Waals surface area contributed by atoms with E-state index in [0.29, 0.717) is 11.3 Å². The van der Waals surface area contributed by atoms with Crippen molar-refractivity contribution in [2.45, 2.75) is 0 Å². The van der Waals surface area contributed by atoms with Crippen LogP contribution >= 0.6 is 0 Å². The van der Waals surface area contributed by atoms with Crippen LogP contribution in [0.15, 0.2) is 67.3 Å². The van der Waals surface area contributed by atoms with Crippen molar-refractivity contribution in [1.29, 1.82) is 5.26 Å².